The fraction of sp³-hybridized carbons (Fsp3) is 0.458. The van der Waals surface area contributed by atoms with Gasteiger partial charge in [-0.3, -0.25) is 4.99 Å². The number of hydrogen-bond acceptors (Lipinski definition) is 4. The minimum Gasteiger partial charge on any atom is -0.489 e. The molecule has 9 heteroatoms. The van der Waals surface area contributed by atoms with Crippen molar-refractivity contribution >= 4 is 11.6 Å². The molecule has 0 saturated carbocycles. The number of rotatable bonds is 8. The summed E-state index contributed by atoms with van der Waals surface area (Å²) in [6.07, 6.45) is -1.48. The van der Waals surface area contributed by atoms with Crippen LogP contribution in [0.2, 0.25) is 0 Å². The molecule has 1 unspecified atom stereocenters. The highest BCUT2D eigenvalue weighted by Gasteiger charge is 2.30. The van der Waals surface area contributed by atoms with Gasteiger partial charge in [-0.25, -0.2) is 0 Å². The molecule has 1 atom stereocenters. The van der Waals surface area contributed by atoms with Gasteiger partial charge in [0.15, 0.2) is 5.96 Å². The van der Waals surface area contributed by atoms with Gasteiger partial charge in [-0.15, -0.1) is 13.2 Å². The van der Waals surface area contributed by atoms with Gasteiger partial charge in [0.25, 0.3) is 0 Å². The number of nitrogens with zero attached hydrogens (tertiary/aromatic N) is 2. The predicted octanol–water partition coefficient (Wildman–Crippen LogP) is 5.01. The van der Waals surface area contributed by atoms with Crippen LogP contribution in [0.25, 0.3) is 0 Å². The fourth-order valence-electron chi connectivity index (χ4n) is 3.59. The van der Waals surface area contributed by atoms with E-state index in [0.717, 1.165) is 43.1 Å². The topological polar surface area (TPSA) is 72.1 Å². The van der Waals surface area contributed by atoms with Gasteiger partial charge in [0, 0.05) is 25.3 Å². The molecule has 6 nitrogen and oxygen atoms in total. The van der Waals surface area contributed by atoms with E-state index in [2.05, 4.69) is 21.9 Å². The van der Waals surface area contributed by atoms with Crippen molar-refractivity contribution in [1.82, 2.24) is 4.90 Å². The van der Waals surface area contributed by atoms with E-state index in [1.54, 1.807) is 12.1 Å². The molecular weight excluding hydrogens is 433 g/mol. The highest BCUT2D eigenvalue weighted by atomic mass is 19.4. The summed E-state index contributed by atoms with van der Waals surface area (Å²) in [5.74, 6) is 1.90. The van der Waals surface area contributed by atoms with E-state index in [4.69, 9.17) is 15.5 Å². The molecule has 180 valence electrons. The molecule has 0 aromatic heterocycles. The minimum atomic E-state index is -4.70. The molecule has 0 spiro atoms. The zero-order chi connectivity index (χ0) is 23.7. The summed E-state index contributed by atoms with van der Waals surface area (Å²) >= 11 is 0. The molecule has 1 fully saturated rings. The first-order valence-electron chi connectivity index (χ1n) is 11.2. The molecule has 0 aliphatic carbocycles. The average Bonchev–Trinajstić information content (AvgIpc) is 2.78. The van der Waals surface area contributed by atoms with E-state index in [9.17, 15) is 13.2 Å². The van der Waals surface area contributed by atoms with Crippen LogP contribution in [0.4, 0.5) is 18.9 Å². The number of ether oxygens (including phenoxy) is 2. The van der Waals surface area contributed by atoms with Crippen LogP contribution in [-0.2, 0) is 6.61 Å². The van der Waals surface area contributed by atoms with Gasteiger partial charge >= 0.3 is 6.36 Å². The van der Waals surface area contributed by atoms with Gasteiger partial charge in [0.2, 0.25) is 0 Å². The smallest absolute Gasteiger partial charge is 0.489 e. The lowest BCUT2D eigenvalue weighted by molar-refractivity contribution is -0.274. The Morgan fingerprint density at radius 1 is 1.12 bits per heavy atom. The van der Waals surface area contributed by atoms with E-state index < -0.39 is 6.36 Å². The zero-order valence-corrected chi connectivity index (χ0v) is 18.8. The van der Waals surface area contributed by atoms with Crippen molar-refractivity contribution in [1.29, 1.82) is 0 Å². The Balaban J connectivity index is 1.56. The molecule has 0 amide bonds. The van der Waals surface area contributed by atoms with E-state index in [-0.39, 0.29) is 12.4 Å². The van der Waals surface area contributed by atoms with Gasteiger partial charge in [0.05, 0.1) is 0 Å². The molecule has 1 saturated heterocycles. The number of benzene rings is 2. The lowest BCUT2D eigenvalue weighted by Gasteiger charge is -2.33. The summed E-state index contributed by atoms with van der Waals surface area (Å²) in [4.78, 5) is 7.03. The van der Waals surface area contributed by atoms with Crippen LogP contribution in [0.1, 0.15) is 31.7 Å². The third kappa shape index (κ3) is 8.49. The second kappa shape index (κ2) is 11.8. The molecule has 0 bridgehead atoms. The number of halogens is 3. The first-order valence-corrected chi connectivity index (χ1v) is 11.2. The van der Waals surface area contributed by atoms with Gasteiger partial charge in [-0.1, -0.05) is 19.1 Å². The molecule has 1 aliphatic heterocycles. The summed E-state index contributed by atoms with van der Waals surface area (Å²) in [6, 6.07) is 13.2. The summed E-state index contributed by atoms with van der Waals surface area (Å²) in [6.45, 7) is 5.73. The van der Waals surface area contributed by atoms with Crippen LogP contribution in [0, 0.1) is 5.92 Å². The maximum absolute atomic E-state index is 12.3. The third-order valence-corrected chi connectivity index (χ3v) is 5.25. The van der Waals surface area contributed by atoms with Crippen molar-refractivity contribution in [3.8, 4) is 11.5 Å². The second-order valence-corrected chi connectivity index (χ2v) is 8.17. The second-order valence-electron chi connectivity index (χ2n) is 8.17. The van der Waals surface area contributed by atoms with Crippen LogP contribution in [0.3, 0.4) is 0 Å². The Kier molecular flexibility index (Phi) is 8.82. The standard InChI is InChI=1S/C24H31F3N4O2/c1-18-4-2-15-31(16-18)23(29-14-3-13-28)30-20-7-11-21(12-8-20)32-17-19-5-9-22(10-6-19)33-24(25,26)27/h5-12,18H,2-4,13-17,28H2,1H3,(H,29,30). The molecule has 3 N–H and O–H groups in total. The molecule has 0 radical (unpaired) electrons. The maximum Gasteiger partial charge on any atom is 0.573 e. The molecule has 2 aromatic rings. The van der Waals surface area contributed by atoms with Crippen molar-refractivity contribution in [2.45, 2.75) is 39.2 Å². The average molecular weight is 465 g/mol. The largest absolute Gasteiger partial charge is 0.573 e. The summed E-state index contributed by atoms with van der Waals surface area (Å²) in [5.41, 5.74) is 7.26. The van der Waals surface area contributed by atoms with Crippen molar-refractivity contribution in [2.24, 2.45) is 16.6 Å². The summed E-state index contributed by atoms with van der Waals surface area (Å²) < 4.78 is 46.4. The Labute approximate surface area is 192 Å². The molecule has 1 heterocycles. The Morgan fingerprint density at radius 3 is 2.45 bits per heavy atom. The van der Waals surface area contributed by atoms with Crippen molar-refractivity contribution in [3.05, 3.63) is 54.1 Å². The number of anilines is 1. The van der Waals surface area contributed by atoms with Gasteiger partial charge in [-0.2, -0.15) is 0 Å². The van der Waals surface area contributed by atoms with Crippen LogP contribution in [0.15, 0.2) is 53.5 Å². The van der Waals surface area contributed by atoms with Crippen LogP contribution in [0.5, 0.6) is 11.5 Å². The molecule has 33 heavy (non-hydrogen) atoms. The van der Waals surface area contributed by atoms with Crippen molar-refractivity contribution < 1.29 is 22.6 Å². The predicted molar refractivity (Wildman–Crippen MR) is 123 cm³/mol. The highest BCUT2D eigenvalue weighted by Crippen LogP contribution is 2.24. The molecule has 2 aromatic carbocycles. The number of nitrogens with two attached hydrogens (primary N) is 1. The highest BCUT2D eigenvalue weighted by molar-refractivity contribution is 5.93. The molecule has 3 rings (SSSR count). The Bertz CT molecular complexity index is 886. The normalized spacial score (nSPS) is 17.1. The Hall–Kier alpha value is -2.94. The summed E-state index contributed by atoms with van der Waals surface area (Å²) in [5, 5.41) is 3.43. The number of aliphatic imine (C=N–C) groups is 1. The minimum absolute atomic E-state index is 0.233. The van der Waals surface area contributed by atoms with Gasteiger partial charge in [0.1, 0.15) is 18.1 Å². The Morgan fingerprint density at radius 2 is 1.82 bits per heavy atom. The van der Waals surface area contributed by atoms with E-state index in [1.807, 2.05) is 24.3 Å². The maximum atomic E-state index is 12.3. The van der Waals surface area contributed by atoms with Crippen LogP contribution < -0.4 is 20.5 Å². The van der Waals surface area contributed by atoms with Crippen LogP contribution in [-0.4, -0.2) is 43.4 Å². The lowest BCUT2D eigenvalue weighted by Crippen LogP contribution is -2.43. The number of piperidine rings is 1. The first-order chi connectivity index (χ1) is 15.8. The van der Waals surface area contributed by atoms with Gasteiger partial charge in [-0.05, 0) is 73.7 Å². The SMILES string of the molecule is CC1CCCN(C(=NCCCN)Nc2ccc(OCc3ccc(OC(F)(F)F)cc3)cc2)C1. The molecule has 1 aliphatic rings. The van der Waals surface area contributed by atoms with E-state index >= 15 is 0 Å². The number of nitrogens with one attached hydrogen (secondary N) is 1. The lowest BCUT2D eigenvalue weighted by atomic mass is 10.0. The fourth-order valence-corrected chi connectivity index (χ4v) is 3.59. The number of guanidine groups is 1. The quantitative estimate of drug-likeness (QED) is 0.326. The van der Waals surface area contributed by atoms with Gasteiger partial charge < -0.3 is 25.4 Å². The number of likely N-dealkylation sites (tertiary alicyclic amines) is 1. The number of hydrogen-bond donors (Lipinski definition) is 2. The van der Waals surface area contributed by atoms with E-state index in [1.165, 1.54) is 18.6 Å². The van der Waals surface area contributed by atoms with Crippen molar-refractivity contribution in [2.75, 3.05) is 31.5 Å². The van der Waals surface area contributed by atoms with Crippen molar-refractivity contribution in [3.63, 3.8) is 0 Å². The first kappa shape index (κ1) is 24.7. The number of alkyl halides is 3. The third-order valence-electron chi connectivity index (χ3n) is 5.25. The van der Waals surface area contributed by atoms with E-state index in [0.29, 0.717) is 24.8 Å². The van der Waals surface area contributed by atoms with Crippen LogP contribution >= 0.6 is 0 Å². The monoisotopic (exact) mass is 464 g/mol. The zero-order valence-electron chi connectivity index (χ0n) is 18.8. The molecular formula is C24H31F3N4O2. The summed E-state index contributed by atoms with van der Waals surface area (Å²) in [7, 11) is 0.